The first-order valence-corrected chi connectivity index (χ1v) is 8.87. The van der Waals surface area contributed by atoms with Crippen LogP contribution in [0.5, 0.6) is 0 Å². The van der Waals surface area contributed by atoms with E-state index >= 15 is 0 Å². The molecular formula is C18H36O4. The van der Waals surface area contributed by atoms with Crippen molar-refractivity contribution in [3.05, 3.63) is 0 Å². The third-order valence-corrected chi connectivity index (χ3v) is 3.75. The topological polar surface area (TPSA) is 74.6 Å². The zero-order valence-electron chi connectivity index (χ0n) is 14.9. The fourth-order valence-corrected chi connectivity index (χ4v) is 2.60. The Labute approximate surface area is 136 Å². The van der Waals surface area contributed by atoms with Gasteiger partial charge in [0, 0.05) is 6.42 Å². The molecule has 0 rings (SSSR count). The molecule has 0 aliphatic carbocycles. The maximum absolute atomic E-state index is 10.6. The average molecular weight is 316 g/mol. The van der Waals surface area contributed by atoms with Crippen LogP contribution in [-0.2, 0) is 9.59 Å². The second-order valence-corrected chi connectivity index (χ2v) is 6.01. The molecule has 0 radical (unpaired) electrons. The largest absolute Gasteiger partial charge is 0.481 e. The van der Waals surface area contributed by atoms with Gasteiger partial charge in [-0.05, 0) is 18.8 Å². The van der Waals surface area contributed by atoms with E-state index in [0.717, 1.165) is 57.8 Å². The van der Waals surface area contributed by atoms with Gasteiger partial charge in [0.15, 0.2) is 0 Å². The van der Waals surface area contributed by atoms with E-state index in [0.29, 0.717) is 12.3 Å². The molecule has 22 heavy (non-hydrogen) atoms. The number of rotatable bonds is 12. The third-order valence-electron chi connectivity index (χ3n) is 3.75. The number of carboxylic acids is 2. The summed E-state index contributed by atoms with van der Waals surface area (Å²) in [4.78, 5) is 21.0. The van der Waals surface area contributed by atoms with Crippen LogP contribution in [0.2, 0.25) is 0 Å². The van der Waals surface area contributed by atoms with Crippen LogP contribution >= 0.6 is 0 Å². The number of carboxylic acid groups (broad SMARTS) is 2. The molecular weight excluding hydrogens is 280 g/mol. The molecule has 0 aliphatic rings. The van der Waals surface area contributed by atoms with Gasteiger partial charge in [-0.3, -0.25) is 9.59 Å². The molecule has 0 aromatic heterocycles. The van der Waals surface area contributed by atoms with Crippen LogP contribution in [0.25, 0.3) is 0 Å². The molecule has 132 valence electrons. The Hall–Kier alpha value is -1.06. The fraction of sp³-hybridized carbons (Fsp3) is 0.889. The van der Waals surface area contributed by atoms with E-state index in [9.17, 15) is 9.59 Å². The molecule has 0 saturated carbocycles. The predicted molar refractivity (Wildman–Crippen MR) is 91.1 cm³/mol. The molecule has 0 aromatic carbocycles. The Morgan fingerprint density at radius 2 is 1.27 bits per heavy atom. The Morgan fingerprint density at radius 3 is 1.59 bits per heavy atom. The van der Waals surface area contributed by atoms with Crippen LogP contribution in [0, 0.1) is 11.8 Å². The number of aliphatic carboxylic acids is 2. The van der Waals surface area contributed by atoms with Gasteiger partial charge < -0.3 is 10.2 Å². The van der Waals surface area contributed by atoms with Gasteiger partial charge in [-0.1, -0.05) is 72.6 Å². The van der Waals surface area contributed by atoms with Crippen molar-refractivity contribution in [3.63, 3.8) is 0 Å². The number of carbonyl (C=O) groups is 2. The van der Waals surface area contributed by atoms with Crippen molar-refractivity contribution in [2.75, 3.05) is 0 Å². The van der Waals surface area contributed by atoms with Gasteiger partial charge in [-0.15, -0.1) is 0 Å². The maximum Gasteiger partial charge on any atom is 0.306 e. The molecule has 1 atom stereocenters. The van der Waals surface area contributed by atoms with Gasteiger partial charge in [-0.2, -0.15) is 0 Å². The summed E-state index contributed by atoms with van der Waals surface area (Å²) in [5.41, 5.74) is 0. The van der Waals surface area contributed by atoms with E-state index in [2.05, 4.69) is 20.8 Å². The lowest BCUT2D eigenvalue weighted by molar-refractivity contribution is -0.142. The molecule has 0 unspecified atom stereocenters. The number of hydrogen-bond donors (Lipinski definition) is 2. The van der Waals surface area contributed by atoms with Crippen LogP contribution in [0.1, 0.15) is 91.9 Å². The second kappa shape index (κ2) is 16.3. The summed E-state index contributed by atoms with van der Waals surface area (Å²) in [6, 6.07) is 0. The van der Waals surface area contributed by atoms with Crippen LogP contribution in [0.4, 0.5) is 0 Å². The van der Waals surface area contributed by atoms with Crippen molar-refractivity contribution < 1.29 is 19.8 Å². The quantitative estimate of drug-likeness (QED) is 0.508. The van der Waals surface area contributed by atoms with E-state index in [1.165, 1.54) is 0 Å². The van der Waals surface area contributed by atoms with E-state index in [1.807, 2.05) is 6.92 Å². The van der Waals surface area contributed by atoms with Gasteiger partial charge >= 0.3 is 11.9 Å². The second-order valence-electron chi connectivity index (χ2n) is 6.01. The van der Waals surface area contributed by atoms with Crippen molar-refractivity contribution in [2.45, 2.75) is 91.9 Å². The van der Waals surface area contributed by atoms with Gasteiger partial charge in [0.25, 0.3) is 0 Å². The highest BCUT2D eigenvalue weighted by atomic mass is 16.4. The smallest absolute Gasteiger partial charge is 0.306 e. The summed E-state index contributed by atoms with van der Waals surface area (Å²) in [7, 11) is 0. The van der Waals surface area contributed by atoms with Gasteiger partial charge in [0.1, 0.15) is 0 Å². The molecule has 4 nitrogen and oxygen atoms in total. The molecule has 0 fully saturated rings. The normalized spacial score (nSPS) is 11.7. The first-order valence-electron chi connectivity index (χ1n) is 8.87. The highest BCUT2D eigenvalue weighted by molar-refractivity contribution is 5.69. The molecule has 0 aliphatic heterocycles. The fourth-order valence-electron chi connectivity index (χ4n) is 2.60. The third kappa shape index (κ3) is 15.3. The van der Waals surface area contributed by atoms with Crippen molar-refractivity contribution >= 4 is 11.9 Å². The molecule has 0 bridgehead atoms. The highest BCUT2D eigenvalue weighted by Gasteiger charge is 2.14. The van der Waals surface area contributed by atoms with Crippen molar-refractivity contribution in [1.82, 2.24) is 0 Å². The zero-order chi connectivity index (χ0) is 17.4. The molecule has 0 spiro atoms. The lowest BCUT2D eigenvalue weighted by atomic mass is 9.95. The standard InChI is InChI=1S/2C9H18O2/c1-3-5-8(6-4-2)7-9(10)11;1-3-5-7-8(6-4-2)9(10)11/h2*8H,3-7H2,1-2H3,(H,10,11)/t;8-/m.1/s1. The summed E-state index contributed by atoms with van der Waals surface area (Å²) < 4.78 is 0. The van der Waals surface area contributed by atoms with E-state index in [4.69, 9.17) is 10.2 Å². The molecule has 0 saturated heterocycles. The van der Waals surface area contributed by atoms with Crippen LogP contribution in [0.15, 0.2) is 0 Å². The summed E-state index contributed by atoms with van der Waals surface area (Å²) in [5.74, 6) is -0.973. The van der Waals surface area contributed by atoms with Crippen LogP contribution < -0.4 is 0 Å². The summed E-state index contributed by atoms with van der Waals surface area (Å²) in [6.07, 6.45) is 9.43. The lowest BCUT2D eigenvalue weighted by Gasteiger charge is -2.11. The number of unbranched alkanes of at least 4 members (excludes halogenated alkanes) is 1. The van der Waals surface area contributed by atoms with E-state index in [-0.39, 0.29) is 5.92 Å². The molecule has 0 amide bonds. The molecule has 2 N–H and O–H groups in total. The Balaban J connectivity index is 0. The Morgan fingerprint density at radius 1 is 0.773 bits per heavy atom. The van der Waals surface area contributed by atoms with Gasteiger partial charge in [0.05, 0.1) is 5.92 Å². The van der Waals surface area contributed by atoms with Gasteiger partial charge in [0.2, 0.25) is 0 Å². The first-order chi connectivity index (χ1) is 10.4. The van der Waals surface area contributed by atoms with E-state index in [1.54, 1.807) is 0 Å². The Kier molecular flexibility index (Phi) is 17.2. The van der Waals surface area contributed by atoms with Gasteiger partial charge in [-0.25, -0.2) is 0 Å². The minimum absolute atomic E-state index is 0.0973. The summed E-state index contributed by atoms with van der Waals surface area (Å²) in [5, 5.41) is 17.3. The highest BCUT2D eigenvalue weighted by Crippen LogP contribution is 2.17. The van der Waals surface area contributed by atoms with Crippen LogP contribution in [0.3, 0.4) is 0 Å². The minimum atomic E-state index is -0.656. The van der Waals surface area contributed by atoms with Crippen molar-refractivity contribution in [1.29, 1.82) is 0 Å². The SMILES string of the molecule is CCCC(CCC)CC(=O)O.CCCC[C@@H](CCC)C(=O)O. The molecule has 0 heterocycles. The van der Waals surface area contributed by atoms with Crippen molar-refractivity contribution in [2.24, 2.45) is 11.8 Å². The maximum atomic E-state index is 10.6. The summed E-state index contributed by atoms with van der Waals surface area (Å²) >= 11 is 0. The zero-order valence-corrected chi connectivity index (χ0v) is 14.9. The first kappa shape index (κ1) is 23.2. The van der Waals surface area contributed by atoms with Crippen LogP contribution in [-0.4, -0.2) is 22.2 Å². The number of hydrogen-bond acceptors (Lipinski definition) is 2. The minimum Gasteiger partial charge on any atom is -0.481 e. The Bertz CT molecular complexity index is 270. The van der Waals surface area contributed by atoms with Crippen molar-refractivity contribution in [3.8, 4) is 0 Å². The average Bonchev–Trinajstić information content (AvgIpc) is 2.44. The predicted octanol–water partition coefficient (Wildman–Crippen LogP) is 5.36. The molecule has 0 aromatic rings. The summed E-state index contributed by atoms with van der Waals surface area (Å²) in [6.45, 7) is 8.32. The monoisotopic (exact) mass is 316 g/mol. The lowest BCUT2D eigenvalue weighted by Crippen LogP contribution is -2.12. The molecule has 4 heteroatoms. The van der Waals surface area contributed by atoms with E-state index < -0.39 is 11.9 Å².